The number of hydrogen-bond donors (Lipinski definition) is 1. The maximum atomic E-state index is 14.7. The molecule has 1 aromatic rings. The Balaban J connectivity index is 2.98. The quantitative estimate of drug-likeness (QED) is 0.424. The lowest BCUT2D eigenvalue weighted by atomic mass is 9.69. The van der Waals surface area contributed by atoms with Gasteiger partial charge in [-0.25, -0.2) is 4.39 Å². The van der Waals surface area contributed by atoms with E-state index < -0.39 is 56.6 Å². The van der Waals surface area contributed by atoms with Crippen LogP contribution < -0.4 is 5.73 Å². The summed E-state index contributed by atoms with van der Waals surface area (Å²) in [5, 5.41) is -2.08. The minimum Gasteiger partial charge on any atom is -0.396 e. The maximum Gasteiger partial charge on any atom is 0.384 e. The van der Waals surface area contributed by atoms with Gasteiger partial charge in [0.05, 0.1) is 15.7 Å². The molecule has 14 heteroatoms. The largest absolute Gasteiger partial charge is 0.396 e. The third kappa shape index (κ3) is 1.94. The number of alkyl halides is 11. The van der Waals surface area contributed by atoms with Gasteiger partial charge in [0.2, 0.25) is 0 Å². The first kappa shape index (κ1) is 21.1. The Morgan fingerprint density at radius 3 is 1.15 bits per heavy atom. The summed E-state index contributed by atoms with van der Waals surface area (Å²) in [7, 11) is 0. The van der Waals surface area contributed by atoms with Crippen molar-refractivity contribution in [3.05, 3.63) is 27.7 Å². The summed E-state index contributed by atoms with van der Waals surface area (Å²) in [5.74, 6) is -35.7. The zero-order valence-corrected chi connectivity index (χ0v) is 13.2. The van der Waals surface area contributed by atoms with Crippen molar-refractivity contribution in [3.63, 3.8) is 0 Å². The molecule has 0 bridgehead atoms. The number of rotatable bonds is 1. The van der Waals surface area contributed by atoms with Gasteiger partial charge in [0.15, 0.2) is 0 Å². The highest BCUT2D eigenvalue weighted by molar-refractivity contribution is 6.38. The summed E-state index contributed by atoms with van der Waals surface area (Å²) in [6.45, 7) is 0. The number of halogens is 13. The van der Waals surface area contributed by atoms with E-state index in [4.69, 9.17) is 28.9 Å². The van der Waals surface area contributed by atoms with Crippen LogP contribution >= 0.6 is 23.2 Å². The lowest BCUT2D eigenvalue weighted by Crippen LogP contribution is -2.82. The zero-order valence-electron chi connectivity index (χ0n) is 11.6. The number of nitrogens with two attached hydrogens (primary N) is 1. The Morgan fingerprint density at radius 1 is 0.577 bits per heavy atom. The predicted octanol–water partition coefficient (Wildman–Crippen LogP) is 5.93. The molecule has 0 unspecified atom stereocenters. The molecule has 1 nitrogen and oxygen atoms in total. The van der Waals surface area contributed by atoms with Crippen LogP contribution in [0.3, 0.4) is 0 Å². The molecule has 1 aliphatic carbocycles. The molecule has 0 saturated heterocycles. The highest BCUT2D eigenvalue weighted by Gasteiger charge is 3.01. The van der Waals surface area contributed by atoms with Crippen molar-refractivity contribution in [1.82, 2.24) is 0 Å². The summed E-state index contributed by atoms with van der Waals surface area (Å²) >= 11 is 10.6. The van der Waals surface area contributed by atoms with Crippen LogP contribution in [-0.2, 0) is 5.67 Å². The van der Waals surface area contributed by atoms with Crippen LogP contribution in [0.1, 0.15) is 5.56 Å². The molecule has 0 aromatic heterocycles. The van der Waals surface area contributed by atoms with Gasteiger partial charge in [-0.2, -0.15) is 43.9 Å². The highest BCUT2D eigenvalue weighted by atomic mass is 35.5. The predicted molar refractivity (Wildman–Crippen MR) is 68.4 cm³/mol. The number of hydrogen-bond acceptors (Lipinski definition) is 1. The molecular formula is C12H4Cl2F11N. The molecule has 1 aliphatic rings. The van der Waals surface area contributed by atoms with Crippen LogP contribution in [0, 0.1) is 0 Å². The molecule has 0 atom stereocenters. The lowest BCUT2D eigenvalue weighted by Gasteiger charge is -2.52. The maximum absolute atomic E-state index is 14.7. The summed E-state index contributed by atoms with van der Waals surface area (Å²) in [4.78, 5) is 0. The Hall–Kier alpha value is -1.17. The van der Waals surface area contributed by atoms with E-state index in [0.717, 1.165) is 0 Å². The molecule has 0 heterocycles. The van der Waals surface area contributed by atoms with Crippen molar-refractivity contribution in [2.24, 2.45) is 0 Å². The van der Waals surface area contributed by atoms with Crippen molar-refractivity contribution in [3.8, 4) is 0 Å². The molecule has 2 rings (SSSR count). The minimum absolute atomic E-state index is 0.208. The fraction of sp³-hybridized carbons (Fsp3) is 0.500. The smallest absolute Gasteiger partial charge is 0.384 e. The normalized spacial score (nSPS) is 27.1. The standard InChI is InChI=1S/C12H4Cl2F11N/c13-4-1-3(2-5(14)6(4)26)7(15)8(16,17)10(20,21)12(24,25)11(22,23)9(7,18)19/h1-2H,26H2. The van der Waals surface area contributed by atoms with Gasteiger partial charge >= 0.3 is 29.6 Å². The molecule has 0 amide bonds. The number of nitrogen functional groups attached to an aromatic ring is 1. The summed E-state index contributed by atoms with van der Waals surface area (Å²) in [6, 6.07) is -0.416. The first-order valence-corrected chi connectivity index (χ1v) is 6.91. The second-order valence-corrected chi connectivity index (χ2v) is 6.20. The fourth-order valence-electron chi connectivity index (χ4n) is 2.37. The van der Waals surface area contributed by atoms with Crippen LogP contribution in [0.4, 0.5) is 54.0 Å². The monoisotopic (exact) mass is 441 g/mol. The van der Waals surface area contributed by atoms with Crippen molar-refractivity contribution in [2.75, 3.05) is 5.73 Å². The van der Waals surface area contributed by atoms with E-state index in [9.17, 15) is 48.3 Å². The van der Waals surface area contributed by atoms with Crippen LogP contribution in [0.15, 0.2) is 12.1 Å². The summed E-state index contributed by atoms with van der Waals surface area (Å²) in [5.41, 5.74) is -4.18. The minimum atomic E-state index is -7.29. The fourth-order valence-corrected chi connectivity index (χ4v) is 2.85. The first-order valence-electron chi connectivity index (χ1n) is 6.15. The Kier molecular flexibility index (Phi) is 4.23. The van der Waals surface area contributed by atoms with Gasteiger partial charge in [-0.15, -0.1) is 0 Å². The van der Waals surface area contributed by atoms with Gasteiger partial charge in [0.1, 0.15) is 0 Å². The Labute approximate surface area is 146 Å². The van der Waals surface area contributed by atoms with E-state index in [-0.39, 0.29) is 12.1 Å². The average molecular weight is 442 g/mol. The molecule has 0 spiro atoms. The molecule has 2 N–H and O–H groups in total. The molecule has 1 aromatic carbocycles. The van der Waals surface area contributed by atoms with Crippen LogP contribution in [0.25, 0.3) is 0 Å². The van der Waals surface area contributed by atoms with Crippen molar-refractivity contribution >= 4 is 28.9 Å². The first-order chi connectivity index (χ1) is 11.3. The van der Waals surface area contributed by atoms with Gasteiger partial charge in [-0.1, -0.05) is 23.2 Å². The molecule has 1 saturated carbocycles. The average Bonchev–Trinajstić information content (AvgIpc) is 2.49. The van der Waals surface area contributed by atoms with Crippen LogP contribution in [-0.4, -0.2) is 29.6 Å². The number of anilines is 1. The van der Waals surface area contributed by atoms with Gasteiger partial charge in [0.25, 0.3) is 5.67 Å². The van der Waals surface area contributed by atoms with E-state index in [1.165, 1.54) is 0 Å². The molecule has 26 heavy (non-hydrogen) atoms. The zero-order chi connectivity index (χ0) is 20.7. The van der Waals surface area contributed by atoms with E-state index in [2.05, 4.69) is 0 Å². The third-order valence-corrected chi connectivity index (χ3v) is 4.54. The van der Waals surface area contributed by atoms with Crippen LogP contribution in [0.2, 0.25) is 10.0 Å². The second-order valence-electron chi connectivity index (χ2n) is 5.38. The van der Waals surface area contributed by atoms with Crippen molar-refractivity contribution < 1.29 is 48.3 Å². The summed E-state index contributed by atoms with van der Waals surface area (Å²) < 4.78 is 150. The summed E-state index contributed by atoms with van der Waals surface area (Å²) in [6.07, 6.45) is 0. The van der Waals surface area contributed by atoms with Gasteiger partial charge < -0.3 is 5.73 Å². The Bertz CT molecular complexity index is 709. The van der Waals surface area contributed by atoms with Crippen LogP contribution in [0.5, 0.6) is 0 Å². The molecule has 0 aliphatic heterocycles. The van der Waals surface area contributed by atoms with E-state index in [0.29, 0.717) is 0 Å². The van der Waals surface area contributed by atoms with Crippen molar-refractivity contribution in [2.45, 2.75) is 35.3 Å². The SMILES string of the molecule is Nc1c(Cl)cc(C2(F)C(F)(F)C(F)(F)C(F)(F)C(F)(F)C2(F)F)cc1Cl. The molecule has 0 radical (unpaired) electrons. The van der Waals surface area contributed by atoms with Gasteiger partial charge in [-0.05, 0) is 12.1 Å². The topological polar surface area (TPSA) is 26.0 Å². The number of benzene rings is 1. The van der Waals surface area contributed by atoms with E-state index >= 15 is 0 Å². The van der Waals surface area contributed by atoms with E-state index in [1.807, 2.05) is 0 Å². The van der Waals surface area contributed by atoms with Gasteiger partial charge in [0, 0.05) is 5.56 Å². The van der Waals surface area contributed by atoms with Gasteiger partial charge in [-0.3, -0.25) is 0 Å². The molecule has 1 fully saturated rings. The highest BCUT2D eigenvalue weighted by Crippen LogP contribution is 2.72. The Morgan fingerprint density at radius 2 is 0.846 bits per heavy atom. The molecular weight excluding hydrogens is 438 g/mol. The molecule has 148 valence electrons. The lowest BCUT2D eigenvalue weighted by molar-refractivity contribution is -0.489. The van der Waals surface area contributed by atoms with Crippen molar-refractivity contribution in [1.29, 1.82) is 0 Å². The third-order valence-electron chi connectivity index (χ3n) is 3.92. The van der Waals surface area contributed by atoms with E-state index in [1.54, 1.807) is 0 Å². The second kappa shape index (κ2) is 5.21.